The number of imidazole rings is 1. The number of benzene rings is 1. The molecule has 1 aliphatic rings. The number of nitrogens with one attached hydrogen (secondary N) is 1. The highest BCUT2D eigenvalue weighted by atomic mass is 16.5. The SMILES string of the molecule is COCC(C)n1c(-c2cn3c(C)nnc3c(NC(C)C)n2)nc2cc3c(cc21)N(C)C(=O)C3(C)C. The standard InChI is InChI=1S/C25H32N8O2/c1-13(2)26-21-23-30-29-15(4)32(23)11-18(27-21)22-28-17-9-16-19(31(7)24(34)25(16,5)6)10-20(17)33(22)14(3)12-35-8/h9-11,13-14H,12H2,1-8H3,(H,26,27). The van der Waals surface area contributed by atoms with Crippen molar-refractivity contribution in [1.82, 2.24) is 29.1 Å². The van der Waals surface area contributed by atoms with E-state index in [2.05, 4.69) is 46.9 Å². The minimum absolute atomic E-state index is 0.0190. The molecule has 4 heterocycles. The maximum Gasteiger partial charge on any atom is 0.236 e. The fourth-order valence-corrected chi connectivity index (χ4v) is 4.98. The van der Waals surface area contributed by atoms with Gasteiger partial charge in [-0.25, -0.2) is 9.97 Å². The van der Waals surface area contributed by atoms with Crippen LogP contribution in [0.4, 0.5) is 11.5 Å². The Morgan fingerprint density at radius 3 is 2.57 bits per heavy atom. The zero-order valence-electron chi connectivity index (χ0n) is 21.5. The molecule has 1 aliphatic heterocycles. The molecule has 1 N–H and O–H groups in total. The molecule has 0 saturated heterocycles. The van der Waals surface area contributed by atoms with Gasteiger partial charge in [-0.2, -0.15) is 0 Å². The molecule has 4 aromatic rings. The largest absolute Gasteiger partial charge is 0.383 e. The average Bonchev–Trinajstić information content (AvgIpc) is 3.41. The zero-order valence-corrected chi connectivity index (χ0v) is 21.5. The number of amides is 1. The zero-order chi connectivity index (χ0) is 25.2. The molecule has 0 bridgehead atoms. The minimum atomic E-state index is -0.606. The molecule has 1 amide bonds. The van der Waals surface area contributed by atoms with Gasteiger partial charge in [0.05, 0.1) is 29.1 Å². The maximum absolute atomic E-state index is 12.9. The van der Waals surface area contributed by atoms with Crippen LogP contribution in [-0.4, -0.2) is 61.8 Å². The summed E-state index contributed by atoms with van der Waals surface area (Å²) in [6.45, 7) is 12.6. The van der Waals surface area contributed by atoms with Crippen LogP contribution in [0.15, 0.2) is 18.3 Å². The number of ether oxygens (including phenoxy) is 1. The Balaban J connectivity index is 1.80. The number of anilines is 2. The summed E-state index contributed by atoms with van der Waals surface area (Å²) in [5.74, 6) is 2.23. The molecule has 0 aliphatic carbocycles. The van der Waals surface area contributed by atoms with Gasteiger partial charge in [-0.3, -0.25) is 9.20 Å². The normalized spacial score (nSPS) is 16.0. The number of aromatic nitrogens is 6. The molecule has 3 aromatic heterocycles. The highest BCUT2D eigenvalue weighted by Gasteiger charge is 2.43. The number of carbonyl (C=O) groups is 1. The number of rotatable bonds is 6. The monoisotopic (exact) mass is 476 g/mol. The molecule has 0 radical (unpaired) electrons. The van der Waals surface area contributed by atoms with Gasteiger partial charge in [0, 0.05) is 32.1 Å². The number of nitrogens with zero attached hydrogens (tertiary/aromatic N) is 7. The van der Waals surface area contributed by atoms with Crippen LogP contribution in [0.5, 0.6) is 0 Å². The predicted octanol–water partition coefficient (Wildman–Crippen LogP) is 3.73. The van der Waals surface area contributed by atoms with Gasteiger partial charge in [-0.05, 0) is 59.2 Å². The second-order valence-electron chi connectivity index (χ2n) is 10.2. The Labute approximate surface area is 204 Å². The van der Waals surface area contributed by atoms with E-state index in [1.165, 1.54) is 0 Å². The van der Waals surface area contributed by atoms with Crippen LogP contribution in [0.2, 0.25) is 0 Å². The summed E-state index contributed by atoms with van der Waals surface area (Å²) >= 11 is 0. The number of hydrogen-bond donors (Lipinski definition) is 1. The van der Waals surface area contributed by atoms with Crippen LogP contribution in [0, 0.1) is 6.92 Å². The van der Waals surface area contributed by atoms with E-state index in [0.717, 1.165) is 33.9 Å². The summed E-state index contributed by atoms with van der Waals surface area (Å²) < 4.78 is 9.60. The lowest BCUT2D eigenvalue weighted by molar-refractivity contribution is -0.121. The molecule has 0 spiro atoms. The van der Waals surface area contributed by atoms with E-state index in [0.29, 0.717) is 23.8 Å². The number of carbonyl (C=O) groups excluding carboxylic acids is 1. The van der Waals surface area contributed by atoms with Crippen LogP contribution in [-0.2, 0) is 14.9 Å². The van der Waals surface area contributed by atoms with Gasteiger partial charge in [0.2, 0.25) is 11.6 Å². The number of aryl methyl sites for hydroxylation is 1. The molecule has 35 heavy (non-hydrogen) atoms. The second-order valence-corrected chi connectivity index (χ2v) is 10.2. The Kier molecular flexibility index (Phi) is 5.32. The summed E-state index contributed by atoms with van der Waals surface area (Å²) in [5.41, 5.74) is 4.41. The van der Waals surface area contributed by atoms with Crippen molar-refractivity contribution >= 4 is 34.1 Å². The molecule has 0 fully saturated rings. The van der Waals surface area contributed by atoms with Crippen LogP contribution in [0.1, 0.15) is 52.0 Å². The van der Waals surface area contributed by atoms with Crippen molar-refractivity contribution in [3.8, 4) is 11.5 Å². The van der Waals surface area contributed by atoms with E-state index in [1.807, 2.05) is 44.5 Å². The van der Waals surface area contributed by atoms with Crippen molar-refractivity contribution < 1.29 is 9.53 Å². The van der Waals surface area contributed by atoms with Gasteiger partial charge in [0.15, 0.2) is 11.6 Å². The van der Waals surface area contributed by atoms with E-state index in [-0.39, 0.29) is 18.0 Å². The Bertz CT molecular complexity index is 1470. The smallest absolute Gasteiger partial charge is 0.236 e. The highest BCUT2D eigenvalue weighted by Crippen LogP contribution is 2.44. The van der Waals surface area contributed by atoms with Gasteiger partial charge in [-0.1, -0.05) is 0 Å². The number of fused-ring (bicyclic) bond motifs is 3. The first-order valence-corrected chi connectivity index (χ1v) is 11.9. The van der Waals surface area contributed by atoms with Crippen LogP contribution in [0.25, 0.3) is 28.2 Å². The van der Waals surface area contributed by atoms with E-state index >= 15 is 0 Å². The van der Waals surface area contributed by atoms with Crippen molar-refractivity contribution in [3.63, 3.8) is 0 Å². The Morgan fingerprint density at radius 2 is 1.89 bits per heavy atom. The maximum atomic E-state index is 12.9. The van der Waals surface area contributed by atoms with E-state index < -0.39 is 5.41 Å². The highest BCUT2D eigenvalue weighted by molar-refractivity contribution is 6.09. The van der Waals surface area contributed by atoms with Crippen molar-refractivity contribution in [1.29, 1.82) is 0 Å². The van der Waals surface area contributed by atoms with E-state index in [4.69, 9.17) is 14.7 Å². The van der Waals surface area contributed by atoms with E-state index in [9.17, 15) is 4.79 Å². The van der Waals surface area contributed by atoms with Gasteiger partial charge in [-0.15, -0.1) is 10.2 Å². The molecule has 5 rings (SSSR count). The minimum Gasteiger partial charge on any atom is -0.383 e. The quantitative estimate of drug-likeness (QED) is 0.452. The number of likely N-dealkylation sites (N-methyl/N-ethyl adjacent to an activating group) is 1. The average molecular weight is 477 g/mol. The van der Waals surface area contributed by atoms with Crippen LogP contribution in [0.3, 0.4) is 0 Å². The van der Waals surface area contributed by atoms with Crippen molar-refractivity contribution in [2.45, 2.75) is 59.0 Å². The summed E-state index contributed by atoms with van der Waals surface area (Å²) in [5, 5.41) is 12.0. The first kappa shape index (κ1) is 23.2. The summed E-state index contributed by atoms with van der Waals surface area (Å²) in [6.07, 6.45) is 1.93. The third kappa shape index (κ3) is 3.46. The summed E-state index contributed by atoms with van der Waals surface area (Å²) in [4.78, 5) is 24.6. The molecule has 10 nitrogen and oxygen atoms in total. The summed E-state index contributed by atoms with van der Waals surface area (Å²) in [6, 6.07) is 4.26. The molecule has 184 valence electrons. The fraction of sp³-hybridized carbons (Fsp3) is 0.480. The lowest BCUT2D eigenvalue weighted by atomic mass is 9.86. The van der Waals surface area contributed by atoms with Crippen LogP contribution < -0.4 is 10.2 Å². The molecule has 1 unspecified atom stereocenters. The van der Waals surface area contributed by atoms with E-state index in [1.54, 1.807) is 12.0 Å². The molecular weight excluding hydrogens is 444 g/mol. The van der Waals surface area contributed by atoms with Gasteiger partial charge < -0.3 is 19.5 Å². The van der Waals surface area contributed by atoms with Crippen molar-refractivity contribution in [2.75, 3.05) is 31.0 Å². The van der Waals surface area contributed by atoms with Crippen molar-refractivity contribution in [2.24, 2.45) is 0 Å². The molecule has 1 aromatic carbocycles. The fourth-order valence-electron chi connectivity index (χ4n) is 4.98. The Morgan fingerprint density at radius 1 is 1.14 bits per heavy atom. The third-order valence-electron chi connectivity index (χ3n) is 6.75. The van der Waals surface area contributed by atoms with Crippen molar-refractivity contribution in [3.05, 3.63) is 29.7 Å². The lowest BCUT2D eigenvalue weighted by Crippen LogP contribution is -2.33. The molecule has 10 heteroatoms. The molecule has 1 atom stereocenters. The number of hydrogen-bond acceptors (Lipinski definition) is 7. The predicted molar refractivity (Wildman–Crippen MR) is 136 cm³/mol. The summed E-state index contributed by atoms with van der Waals surface area (Å²) in [7, 11) is 3.52. The Hall–Kier alpha value is -3.53. The second kappa shape index (κ2) is 8.01. The topological polar surface area (TPSA) is 102 Å². The number of methoxy groups -OCH3 is 1. The van der Waals surface area contributed by atoms with Gasteiger partial charge >= 0.3 is 0 Å². The lowest BCUT2D eigenvalue weighted by Gasteiger charge is -2.18. The van der Waals surface area contributed by atoms with Gasteiger partial charge in [0.25, 0.3) is 0 Å². The van der Waals surface area contributed by atoms with Gasteiger partial charge in [0.1, 0.15) is 11.5 Å². The molecular formula is C25H32N8O2. The molecule has 0 saturated carbocycles. The first-order valence-electron chi connectivity index (χ1n) is 11.9. The van der Waals surface area contributed by atoms with Crippen LogP contribution >= 0.6 is 0 Å². The first-order chi connectivity index (χ1) is 16.5. The third-order valence-corrected chi connectivity index (χ3v) is 6.75.